The Morgan fingerprint density at radius 1 is 1.24 bits per heavy atom. The van der Waals surface area contributed by atoms with Crippen molar-refractivity contribution in [2.24, 2.45) is 0 Å². The van der Waals surface area contributed by atoms with E-state index in [4.69, 9.17) is 4.74 Å². The highest BCUT2D eigenvalue weighted by atomic mass is 32.1. The van der Waals surface area contributed by atoms with E-state index in [0.29, 0.717) is 6.61 Å². The number of nitrogens with one attached hydrogen (secondary N) is 2. The van der Waals surface area contributed by atoms with Crippen LogP contribution in [0.3, 0.4) is 0 Å². The summed E-state index contributed by atoms with van der Waals surface area (Å²) in [7, 11) is 0. The van der Waals surface area contributed by atoms with Crippen LogP contribution in [0.15, 0.2) is 24.3 Å². The highest BCUT2D eigenvalue weighted by molar-refractivity contribution is 7.16. The number of para-hydroxylation sites is 1. The maximum absolute atomic E-state index is 12.4. The van der Waals surface area contributed by atoms with Gasteiger partial charge in [-0.1, -0.05) is 18.2 Å². The van der Waals surface area contributed by atoms with Gasteiger partial charge in [-0.25, -0.2) is 0 Å². The Hall–Kier alpha value is -2.01. The molecule has 4 nitrogen and oxygen atoms in total. The average molecular weight is 302 g/mol. The van der Waals surface area contributed by atoms with E-state index in [-0.39, 0.29) is 12.1 Å². The zero-order valence-corrected chi connectivity index (χ0v) is 13.1. The maximum atomic E-state index is 12.4. The predicted molar refractivity (Wildman–Crippen MR) is 85.2 cm³/mol. The quantitative estimate of drug-likeness (QED) is 0.910. The summed E-state index contributed by atoms with van der Waals surface area (Å²) in [5.41, 5.74) is 2.77. The highest BCUT2D eigenvalue weighted by Crippen LogP contribution is 2.38. The van der Waals surface area contributed by atoms with Gasteiger partial charge in [0.25, 0.3) is 5.91 Å². The van der Waals surface area contributed by atoms with Gasteiger partial charge < -0.3 is 15.4 Å². The second-order valence-corrected chi connectivity index (χ2v) is 6.23. The topological polar surface area (TPSA) is 50.4 Å². The second-order valence-electron chi connectivity index (χ2n) is 5.01. The van der Waals surface area contributed by atoms with Crippen LogP contribution in [-0.2, 0) is 0 Å². The number of aryl methyl sites for hydroxylation is 1. The molecule has 0 saturated carbocycles. The van der Waals surface area contributed by atoms with E-state index in [1.165, 1.54) is 4.88 Å². The van der Waals surface area contributed by atoms with Crippen molar-refractivity contribution in [1.82, 2.24) is 5.32 Å². The maximum Gasteiger partial charge on any atom is 0.256 e. The normalized spacial score (nSPS) is 16.9. The van der Waals surface area contributed by atoms with Gasteiger partial charge in [-0.15, -0.1) is 11.3 Å². The Bertz CT molecular complexity index is 694. The molecule has 0 fully saturated rings. The summed E-state index contributed by atoms with van der Waals surface area (Å²) < 4.78 is 5.65. The number of amides is 1. The van der Waals surface area contributed by atoms with Crippen LogP contribution in [0.25, 0.3) is 0 Å². The fourth-order valence-electron chi connectivity index (χ4n) is 2.53. The van der Waals surface area contributed by atoms with Crippen LogP contribution < -0.4 is 15.4 Å². The van der Waals surface area contributed by atoms with Gasteiger partial charge in [-0.05, 0) is 32.4 Å². The molecule has 110 valence electrons. The lowest BCUT2D eigenvalue weighted by Crippen LogP contribution is -2.38. The molecular weight excluding hydrogens is 284 g/mol. The van der Waals surface area contributed by atoms with Crippen molar-refractivity contribution in [3.63, 3.8) is 0 Å². The number of rotatable bonds is 3. The first-order chi connectivity index (χ1) is 10.1. The van der Waals surface area contributed by atoms with E-state index in [1.54, 1.807) is 11.3 Å². The monoisotopic (exact) mass is 302 g/mol. The van der Waals surface area contributed by atoms with E-state index in [2.05, 4.69) is 10.6 Å². The summed E-state index contributed by atoms with van der Waals surface area (Å²) in [4.78, 5) is 13.6. The average Bonchev–Trinajstić information content (AvgIpc) is 2.75. The predicted octanol–water partition coefficient (Wildman–Crippen LogP) is 3.62. The van der Waals surface area contributed by atoms with Crippen molar-refractivity contribution in [3.05, 3.63) is 45.8 Å². The molecule has 0 spiro atoms. The molecule has 2 N–H and O–H groups in total. The molecule has 1 aliphatic rings. The van der Waals surface area contributed by atoms with Crippen molar-refractivity contribution < 1.29 is 9.53 Å². The van der Waals surface area contributed by atoms with Gasteiger partial charge in [0.1, 0.15) is 16.9 Å². The summed E-state index contributed by atoms with van der Waals surface area (Å²) in [6, 6.07) is 7.78. The summed E-state index contributed by atoms with van der Waals surface area (Å²) in [5.74, 6) is 0.771. The number of ether oxygens (including phenoxy) is 1. The summed E-state index contributed by atoms with van der Waals surface area (Å²) in [6.07, 6.45) is -0.259. The molecule has 0 bridgehead atoms. The molecule has 5 heteroatoms. The Balaban J connectivity index is 1.98. The number of carbonyl (C=O) groups is 1. The molecule has 2 aromatic rings. The minimum atomic E-state index is -0.259. The smallest absolute Gasteiger partial charge is 0.256 e. The van der Waals surface area contributed by atoms with E-state index in [1.807, 2.05) is 45.0 Å². The molecule has 1 amide bonds. The molecule has 2 heterocycles. The lowest BCUT2D eigenvalue weighted by atomic mass is 10.1. The molecule has 1 aliphatic heterocycles. The van der Waals surface area contributed by atoms with Gasteiger partial charge in [-0.3, -0.25) is 4.79 Å². The Labute approximate surface area is 128 Å². The number of thiophene rings is 1. The molecule has 0 radical (unpaired) electrons. The molecule has 3 rings (SSSR count). The van der Waals surface area contributed by atoms with E-state index in [9.17, 15) is 4.79 Å². The highest BCUT2D eigenvalue weighted by Gasteiger charge is 2.30. The number of fused-ring (bicyclic) bond motifs is 1. The summed E-state index contributed by atoms with van der Waals surface area (Å²) in [5, 5.41) is 7.36. The molecule has 0 saturated heterocycles. The number of anilines is 1. The van der Waals surface area contributed by atoms with Crippen LogP contribution in [-0.4, -0.2) is 12.5 Å². The number of benzene rings is 1. The zero-order chi connectivity index (χ0) is 15.0. The van der Waals surface area contributed by atoms with Crippen molar-refractivity contribution >= 4 is 22.2 Å². The van der Waals surface area contributed by atoms with Gasteiger partial charge in [0, 0.05) is 10.4 Å². The third-order valence-electron chi connectivity index (χ3n) is 3.69. The van der Waals surface area contributed by atoms with E-state index in [0.717, 1.165) is 27.4 Å². The molecule has 0 aliphatic carbocycles. The van der Waals surface area contributed by atoms with Crippen LogP contribution in [0, 0.1) is 13.8 Å². The summed E-state index contributed by atoms with van der Waals surface area (Å²) in [6.45, 7) is 6.57. The Morgan fingerprint density at radius 2 is 2.00 bits per heavy atom. The third-order valence-corrected chi connectivity index (χ3v) is 4.83. The van der Waals surface area contributed by atoms with Crippen LogP contribution in [0.2, 0.25) is 0 Å². The third kappa shape index (κ3) is 2.38. The molecule has 1 aromatic carbocycles. The van der Waals surface area contributed by atoms with E-state index < -0.39 is 0 Å². The van der Waals surface area contributed by atoms with Gasteiger partial charge in [0.15, 0.2) is 0 Å². The minimum Gasteiger partial charge on any atom is -0.493 e. The zero-order valence-electron chi connectivity index (χ0n) is 12.3. The lowest BCUT2D eigenvalue weighted by molar-refractivity contribution is 0.0935. The fraction of sp³-hybridized carbons (Fsp3) is 0.312. The Morgan fingerprint density at radius 3 is 2.76 bits per heavy atom. The number of hydrogen-bond acceptors (Lipinski definition) is 4. The molecular formula is C16H18N2O2S. The van der Waals surface area contributed by atoms with Crippen LogP contribution in [0.4, 0.5) is 5.00 Å². The lowest BCUT2D eigenvalue weighted by Gasteiger charge is -2.27. The molecule has 21 heavy (non-hydrogen) atoms. The molecule has 1 aromatic heterocycles. The first-order valence-corrected chi connectivity index (χ1v) is 7.82. The van der Waals surface area contributed by atoms with Crippen molar-refractivity contribution in [2.45, 2.75) is 26.9 Å². The first kappa shape index (κ1) is 13.9. The first-order valence-electron chi connectivity index (χ1n) is 7.01. The number of carbonyl (C=O) groups excluding carboxylic acids is 1. The molecule has 1 unspecified atom stereocenters. The second kappa shape index (κ2) is 5.41. The van der Waals surface area contributed by atoms with Gasteiger partial charge >= 0.3 is 0 Å². The van der Waals surface area contributed by atoms with Crippen LogP contribution in [0.1, 0.15) is 39.5 Å². The molecule has 1 atom stereocenters. The minimum absolute atomic E-state index is 0.0260. The van der Waals surface area contributed by atoms with Gasteiger partial charge in [0.2, 0.25) is 0 Å². The summed E-state index contributed by atoms with van der Waals surface area (Å²) >= 11 is 1.63. The SMILES string of the molecule is CCOc1ccccc1C1NC(=O)c2c(sc(C)c2C)N1. The fourth-order valence-corrected chi connectivity index (χ4v) is 3.62. The van der Waals surface area contributed by atoms with Crippen LogP contribution >= 0.6 is 11.3 Å². The van der Waals surface area contributed by atoms with Crippen LogP contribution in [0.5, 0.6) is 5.75 Å². The van der Waals surface area contributed by atoms with Gasteiger partial charge in [-0.2, -0.15) is 0 Å². The van der Waals surface area contributed by atoms with Crippen molar-refractivity contribution in [3.8, 4) is 5.75 Å². The standard InChI is InChI=1S/C16H18N2O2S/c1-4-20-12-8-6-5-7-11(12)14-17-15(19)13-9(2)10(3)21-16(13)18-14/h5-8,14,18H,4H2,1-3H3,(H,17,19). The number of hydrogen-bond donors (Lipinski definition) is 2. The van der Waals surface area contributed by atoms with Crippen molar-refractivity contribution in [2.75, 3.05) is 11.9 Å². The Kier molecular flexibility index (Phi) is 3.59. The van der Waals surface area contributed by atoms with E-state index >= 15 is 0 Å². The largest absolute Gasteiger partial charge is 0.493 e. The van der Waals surface area contributed by atoms with Crippen molar-refractivity contribution in [1.29, 1.82) is 0 Å². The van der Waals surface area contributed by atoms with Gasteiger partial charge in [0.05, 0.1) is 12.2 Å².